The lowest BCUT2D eigenvalue weighted by Crippen LogP contribution is -1.99. The molecule has 2 aromatic rings. The Hall–Kier alpha value is -1.91. The number of hydrogen-bond acceptors (Lipinski definition) is 4. The van der Waals surface area contributed by atoms with Gasteiger partial charge in [0.2, 0.25) is 5.88 Å². The van der Waals surface area contributed by atoms with E-state index >= 15 is 0 Å². The molecular formula is C12H14FN3O. The van der Waals surface area contributed by atoms with E-state index in [0.717, 1.165) is 18.2 Å². The second-order valence-corrected chi connectivity index (χ2v) is 4.33. The van der Waals surface area contributed by atoms with E-state index in [9.17, 15) is 4.39 Å². The molecule has 0 radical (unpaired) electrons. The Bertz CT molecular complexity index is 505. The summed E-state index contributed by atoms with van der Waals surface area (Å²) in [6.45, 7) is 4.16. The SMILES string of the molecule is CC(C)Cc1c(-c2ccc(F)cn2)noc1N. The monoisotopic (exact) mass is 235 g/mol. The minimum atomic E-state index is -0.379. The number of nitrogen functional groups attached to an aromatic ring is 1. The number of rotatable bonds is 3. The zero-order valence-corrected chi connectivity index (χ0v) is 9.77. The largest absolute Gasteiger partial charge is 0.367 e. The van der Waals surface area contributed by atoms with Crippen LogP contribution < -0.4 is 5.73 Å². The highest BCUT2D eigenvalue weighted by molar-refractivity contribution is 5.63. The van der Waals surface area contributed by atoms with Crippen LogP contribution in [-0.2, 0) is 6.42 Å². The van der Waals surface area contributed by atoms with Crippen molar-refractivity contribution in [3.05, 3.63) is 29.7 Å². The molecule has 4 nitrogen and oxygen atoms in total. The summed E-state index contributed by atoms with van der Waals surface area (Å²) in [5, 5.41) is 3.88. The molecule has 0 aliphatic carbocycles. The second-order valence-electron chi connectivity index (χ2n) is 4.33. The summed E-state index contributed by atoms with van der Waals surface area (Å²) in [4.78, 5) is 3.98. The van der Waals surface area contributed by atoms with Crippen LogP contribution in [0.25, 0.3) is 11.4 Å². The van der Waals surface area contributed by atoms with E-state index < -0.39 is 0 Å². The maximum atomic E-state index is 12.8. The molecule has 0 bridgehead atoms. The number of pyridine rings is 1. The summed E-state index contributed by atoms with van der Waals surface area (Å²) in [7, 11) is 0. The van der Waals surface area contributed by atoms with Gasteiger partial charge in [0.15, 0.2) is 0 Å². The van der Waals surface area contributed by atoms with Gasteiger partial charge in [-0.3, -0.25) is 4.98 Å². The molecule has 0 unspecified atom stereocenters. The molecule has 2 rings (SSSR count). The first-order valence-corrected chi connectivity index (χ1v) is 5.44. The number of halogens is 1. The number of nitrogens with two attached hydrogens (primary N) is 1. The molecular weight excluding hydrogens is 221 g/mol. The lowest BCUT2D eigenvalue weighted by Gasteiger charge is -2.04. The van der Waals surface area contributed by atoms with Gasteiger partial charge in [-0.15, -0.1) is 0 Å². The first-order valence-electron chi connectivity index (χ1n) is 5.44. The van der Waals surface area contributed by atoms with Crippen molar-refractivity contribution in [2.45, 2.75) is 20.3 Å². The van der Waals surface area contributed by atoms with Gasteiger partial charge in [0, 0.05) is 5.56 Å². The first kappa shape index (κ1) is 11.6. The highest BCUT2D eigenvalue weighted by atomic mass is 19.1. The Morgan fingerprint density at radius 2 is 2.18 bits per heavy atom. The Morgan fingerprint density at radius 3 is 2.76 bits per heavy atom. The molecule has 5 heteroatoms. The standard InChI is InChI=1S/C12H14FN3O/c1-7(2)5-9-11(16-17-12(9)14)10-4-3-8(13)6-15-10/h3-4,6-7H,5,14H2,1-2H3. The van der Waals surface area contributed by atoms with Gasteiger partial charge in [-0.1, -0.05) is 19.0 Å². The van der Waals surface area contributed by atoms with Crippen LogP contribution in [0, 0.1) is 11.7 Å². The molecule has 0 spiro atoms. The molecule has 0 saturated heterocycles. The number of nitrogens with zero attached hydrogens (tertiary/aromatic N) is 2. The van der Waals surface area contributed by atoms with Crippen molar-refractivity contribution in [2.75, 3.05) is 5.73 Å². The van der Waals surface area contributed by atoms with Crippen LogP contribution >= 0.6 is 0 Å². The molecule has 90 valence electrons. The topological polar surface area (TPSA) is 64.9 Å². The van der Waals surface area contributed by atoms with Crippen LogP contribution in [-0.4, -0.2) is 10.1 Å². The lowest BCUT2D eigenvalue weighted by molar-refractivity contribution is 0.437. The predicted octanol–water partition coefficient (Wildman–Crippen LogP) is 2.66. The molecule has 0 aliphatic heterocycles. The van der Waals surface area contributed by atoms with Crippen LogP contribution in [0.3, 0.4) is 0 Å². The van der Waals surface area contributed by atoms with E-state index in [-0.39, 0.29) is 5.82 Å². The Balaban J connectivity index is 2.41. The third-order valence-electron chi connectivity index (χ3n) is 2.40. The van der Waals surface area contributed by atoms with E-state index in [4.69, 9.17) is 10.3 Å². The summed E-state index contributed by atoms with van der Waals surface area (Å²) < 4.78 is 17.8. The van der Waals surface area contributed by atoms with Crippen LogP contribution in [0.15, 0.2) is 22.9 Å². The smallest absolute Gasteiger partial charge is 0.225 e. The summed E-state index contributed by atoms with van der Waals surface area (Å²) in [6, 6.07) is 2.91. The average Bonchev–Trinajstić information content (AvgIpc) is 2.61. The summed E-state index contributed by atoms with van der Waals surface area (Å²) in [5.74, 6) is 0.353. The van der Waals surface area contributed by atoms with Crippen LogP contribution in [0.5, 0.6) is 0 Å². The number of aromatic nitrogens is 2. The van der Waals surface area contributed by atoms with Gasteiger partial charge in [-0.25, -0.2) is 4.39 Å². The van der Waals surface area contributed by atoms with E-state index in [0.29, 0.717) is 23.2 Å². The summed E-state index contributed by atoms with van der Waals surface area (Å²) >= 11 is 0. The Morgan fingerprint density at radius 1 is 1.41 bits per heavy atom. The maximum Gasteiger partial charge on any atom is 0.225 e. The zero-order chi connectivity index (χ0) is 12.4. The second kappa shape index (κ2) is 4.53. The highest BCUT2D eigenvalue weighted by Crippen LogP contribution is 2.27. The minimum Gasteiger partial charge on any atom is -0.367 e. The Kier molecular flexibility index (Phi) is 3.08. The number of hydrogen-bond donors (Lipinski definition) is 1. The highest BCUT2D eigenvalue weighted by Gasteiger charge is 2.17. The van der Waals surface area contributed by atoms with Crippen molar-refractivity contribution in [2.24, 2.45) is 5.92 Å². The van der Waals surface area contributed by atoms with Gasteiger partial charge < -0.3 is 10.3 Å². The van der Waals surface area contributed by atoms with E-state index in [1.165, 1.54) is 6.07 Å². The van der Waals surface area contributed by atoms with Gasteiger partial charge in [-0.05, 0) is 24.5 Å². The first-order chi connectivity index (χ1) is 8.08. The van der Waals surface area contributed by atoms with Gasteiger partial charge >= 0.3 is 0 Å². The minimum absolute atomic E-state index is 0.305. The van der Waals surface area contributed by atoms with Crippen LogP contribution in [0.1, 0.15) is 19.4 Å². The third-order valence-corrected chi connectivity index (χ3v) is 2.40. The molecule has 2 N–H and O–H groups in total. The number of anilines is 1. The lowest BCUT2D eigenvalue weighted by atomic mass is 10.0. The Labute approximate surface area is 98.6 Å². The van der Waals surface area contributed by atoms with E-state index in [2.05, 4.69) is 24.0 Å². The summed E-state index contributed by atoms with van der Waals surface area (Å²) in [5.41, 5.74) is 7.72. The fourth-order valence-corrected chi connectivity index (χ4v) is 1.64. The van der Waals surface area contributed by atoms with E-state index in [1.807, 2.05) is 0 Å². The van der Waals surface area contributed by atoms with Crippen molar-refractivity contribution < 1.29 is 8.91 Å². The van der Waals surface area contributed by atoms with Gasteiger partial charge in [0.25, 0.3) is 0 Å². The summed E-state index contributed by atoms with van der Waals surface area (Å²) in [6.07, 6.45) is 1.91. The fraction of sp³-hybridized carbons (Fsp3) is 0.333. The van der Waals surface area contributed by atoms with Crippen molar-refractivity contribution in [1.82, 2.24) is 10.1 Å². The molecule has 2 heterocycles. The van der Waals surface area contributed by atoms with Crippen molar-refractivity contribution in [3.63, 3.8) is 0 Å². The quantitative estimate of drug-likeness (QED) is 0.888. The molecule has 0 fully saturated rings. The average molecular weight is 235 g/mol. The maximum absolute atomic E-state index is 12.8. The van der Waals surface area contributed by atoms with Crippen molar-refractivity contribution >= 4 is 5.88 Å². The van der Waals surface area contributed by atoms with E-state index in [1.54, 1.807) is 6.07 Å². The molecule has 0 amide bonds. The molecule has 0 atom stereocenters. The zero-order valence-electron chi connectivity index (χ0n) is 9.77. The van der Waals surface area contributed by atoms with Gasteiger partial charge in [0.1, 0.15) is 11.5 Å². The molecule has 2 aromatic heterocycles. The van der Waals surface area contributed by atoms with Gasteiger partial charge in [-0.2, -0.15) is 0 Å². The third kappa shape index (κ3) is 2.43. The van der Waals surface area contributed by atoms with Crippen LogP contribution in [0.4, 0.5) is 10.3 Å². The fourth-order valence-electron chi connectivity index (χ4n) is 1.64. The van der Waals surface area contributed by atoms with Crippen LogP contribution in [0.2, 0.25) is 0 Å². The van der Waals surface area contributed by atoms with Crippen molar-refractivity contribution in [3.8, 4) is 11.4 Å². The molecule has 17 heavy (non-hydrogen) atoms. The predicted molar refractivity (Wildman–Crippen MR) is 62.6 cm³/mol. The molecule has 0 aliphatic rings. The van der Waals surface area contributed by atoms with Gasteiger partial charge in [0.05, 0.1) is 11.9 Å². The normalized spacial score (nSPS) is 11.1. The molecule has 0 saturated carbocycles. The van der Waals surface area contributed by atoms with Crippen molar-refractivity contribution in [1.29, 1.82) is 0 Å². The molecule has 0 aromatic carbocycles.